The SMILES string of the molecule is COc1ccccc1/C=C1\CCn2c1nc1ccc([N+](=O)[O-])cc1c2=O. The lowest BCUT2D eigenvalue weighted by Crippen LogP contribution is -2.20. The first-order valence-electron chi connectivity index (χ1n) is 8.11. The van der Waals surface area contributed by atoms with Crippen molar-refractivity contribution in [2.75, 3.05) is 7.11 Å². The van der Waals surface area contributed by atoms with Gasteiger partial charge in [-0.15, -0.1) is 0 Å². The van der Waals surface area contributed by atoms with Crippen molar-refractivity contribution in [2.45, 2.75) is 13.0 Å². The number of methoxy groups -OCH3 is 1. The van der Waals surface area contributed by atoms with Gasteiger partial charge in [-0.1, -0.05) is 18.2 Å². The molecular formula is C19H15N3O4. The summed E-state index contributed by atoms with van der Waals surface area (Å²) in [5.74, 6) is 1.35. The van der Waals surface area contributed by atoms with Gasteiger partial charge in [-0.2, -0.15) is 0 Å². The fraction of sp³-hybridized carbons (Fsp3) is 0.158. The number of para-hydroxylation sites is 1. The van der Waals surface area contributed by atoms with Gasteiger partial charge in [-0.25, -0.2) is 4.98 Å². The number of allylic oxidation sites excluding steroid dienone is 1. The minimum absolute atomic E-state index is 0.111. The summed E-state index contributed by atoms with van der Waals surface area (Å²) in [4.78, 5) is 27.8. The molecule has 3 aromatic rings. The van der Waals surface area contributed by atoms with E-state index in [0.29, 0.717) is 24.3 Å². The second-order valence-electron chi connectivity index (χ2n) is 6.01. The molecule has 0 N–H and O–H groups in total. The Morgan fingerprint density at radius 1 is 1.27 bits per heavy atom. The van der Waals surface area contributed by atoms with Crippen LogP contribution in [-0.2, 0) is 6.54 Å². The van der Waals surface area contributed by atoms with E-state index in [1.807, 2.05) is 30.3 Å². The van der Waals surface area contributed by atoms with E-state index in [1.165, 1.54) is 18.2 Å². The number of nitrogens with zero attached hydrogens (tertiary/aromatic N) is 3. The van der Waals surface area contributed by atoms with Gasteiger partial charge in [-0.05, 0) is 30.2 Å². The van der Waals surface area contributed by atoms with E-state index >= 15 is 0 Å². The van der Waals surface area contributed by atoms with E-state index in [9.17, 15) is 14.9 Å². The highest BCUT2D eigenvalue weighted by molar-refractivity contribution is 5.86. The standard InChI is InChI=1S/C19H15N3O4/c1-26-17-5-3-2-4-12(17)10-13-8-9-21-18(13)20-16-7-6-14(22(24)25)11-15(16)19(21)23/h2-7,10-11H,8-9H2,1H3/b13-10+. The number of hydrogen-bond acceptors (Lipinski definition) is 5. The summed E-state index contributed by atoms with van der Waals surface area (Å²) < 4.78 is 6.95. The molecule has 1 aliphatic rings. The van der Waals surface area contributed by atoms with Crippen molar-refractivity contribution in [3.8, 4) is 5.75 Å². The third kappa shape index (κ3) is 2.54. The average molecular weight is 349 g/mol. The molecule has 2 heterocycles. The first-order valence-corrected chi connectivity index (χ1v) is 8.11. The van der Waals surface area contributed by atoms with E-state index in [0.717, 1.165) is 16.9 Å². The lowest BCUT2D eigenvalue weighted by molar-refractivity contribution is -0.384. The van der Waals surface area contributed by atoms with E-state index < -0.39 is 4.92 Å². The van der Waals surface area contributed by atoms with Crippen LogP contribution in [0.2, 0.25) is 0 Å². The summed E-state index contributed by atoms with van der Waals surface area (Å²) in [5, 5.41) is 11.2. The second-order valence-corrected chi connectivity index (χ2v) is 6.01. The molecule has 0 fully saturated rings. The largest absolute Gasteiger partial charge is 0.496 e. The molecule has 1 aromatic heterocycles. The van der Waals surface area contributed by atoms with Crippen molar-refractivity contribution < 1.29 is 9.66 Å². The van der Waals surface area contributed by atoms with Crippen LogP contribution in [0, 0.1) is 10.1 Å². The van der Waals surface area contributed by atoms with E-state index in [4.69, 9.17) is 4.74 Å². The van der Waals surface area contributed by atoms with Crippen LogP contribution in [-0.4, -0.2) is 21.6 Å². The summed E-state index contributed by atoms with van der Waals surface area (Å²) in [5.41, 5.74) is 1.94. The minimum atomic E-state index is -0.510. The topological polar surface area (TPSA) is 87.3 Å². The summed E-state index contributed by atoms with van der Waals surface area (Å²) in [6.45, 7) is 0.501. The molecule has 0 radical (unpaired) electrons. The first kappa shape index (κ1) is 16.0. The number of aromatic nitrogens is 2. The normalized spacial score (nSPS) is 14.6. The van der Waals surface area contributed by atoms with E-state index in [2.05, 4.69) is 4.98 Å². The summed E-state index contributed by atoms with van der Waals surface area (Å²) >= 11 is 0. The van der Waals surface area contributed by atoms with Crippen molar-refractivity contribution in [3.05, 3.63) is 74.3 Å². The number of nitro groups is 1. The zero-order chi connectivity index (χ0) is 18.3. The van der Waals surface area contributed by atoms with Gasteiger partial charge < -0.3 is 4.74 Å². The highest BCUT2D eigenvalue weighted by Gasteiger charge is 2.22. The fourth-order valence-electron chi connectivity index (χ4n) is 3.23. The second kappa shape index (κ2) is 6.11. The lowest BCUT2D eigenvalue weighted by atomic mass is 10.1. The molecule has 0 amide bonds. The fourth-order valence-corrected chi connectivity index (χ4v) is 3.23. The monoisotopic (exact) mass is 349 g/mol. The smallest absolute Gasteiger partial charge is 0.270 e. The number of rotatable bonds is 3. The number of ether oxygens (including phenoxy) is 1. The van der Waals surface area contributed by atoms with Crippen LogP contribution in [0.1, 0.15) is 17.8 Å². The number of nitro benzene ring substituents is 1. The van der Waals surface area contributed by atoms with E-state index in [-0.39, 0.29) is 16.6 Å². The maximum atomic E-state index is 12.8. The average Bonchev–Trinajstić information content (AvgIpc) is 3.05. The molecule has 0 unspecified atom stereocenters. The van der Waals surface area contributed by atoms with Crippen LogP contribution in [0.5, 0.6) is 5.75 Å². The molecular weight excluding hydrogens is 334 g/mol. The Morgan fingerprint density at radius 2 is 2.08 bits per heavy atom. The van der Waals surface area contributed by atoms with Gasteiger partial charge in [0.05, 0.1) is 22.9 Å². The van der Waals surface area contributed by atoms with Gasteiger partial charge in [0.15, 0.2) is 0 Å². The summed E-state index contributed by atoms with van der Waals surface area (Å²) in [6, 6.07) is 11.8. The molecule has 2 aromatic carbocycles. The molecule has 0 spiro atoms. The van der Waals surface area contributed by atoms with Gasteiger partial charge in [0.25, 0.3) is 11.2 Å². The van der Waals surface area contributed by atoms with Gasteiger partial charge in [0, 0.05) is 24.2 Å². The predicted octanol–water partition coefficient (Wildman–Crippen LogP) is 3.26. The molecule has 0 aliphatic carbocycles. The third-order valence-corrected chi connectivity index (χ3v) is 4.51. The summed E-state index contributed by atoms with van der Waals surface area (Å²) in [7, 11) is 1.61. The van der Waals surface area contributed by atoms with Crippen molar-refractivity contribution >= 4 is 28.2 Å². The Labute approximate surface area is 148 Å². The molecule has 0 saturated heterocycles. The Hall–Kier alpha value is -3.48. The van der Waals surface area contributed by atoms with Crippen molar-refractivity contribution in [2.24, 2.45) is 0 Å². The number of non-ortho nitro benzene ring substituents is 1. The lowest BCUT2D eigenvalue weighted by Gasteiger charge is -2.07. The van der Waals surface area contributed by atoms with E-state index in [1.54, 1.807) is 11.7 Å². The Bertz CT molecular complexity index is 1130. The van der Waals surface area contributed by atoms with Gasteiger partial charge in [0.2, 0.25) is 0 Å². The predicted molar refractivity (Wildman–Crippen MR) is 98.1 cm³/mol. The zero-order valence-corrected chi connectivity index (χ0v) is 14.0. The zero-order valence-electron chi connectivity index (χ0n) is 14.0. The van der Waals surface area contributed by atoms with Crippen LogP contribution in [0.4, 0.5) is 5.69 Å². The molecule has 0 saturated carbocycles. The minimum Gasteiger partial charge on any atom is -0.496 e. The van der Waals surface area contributed by atoms with Crippen molar-refractivity contribution in [1.82, 2.24) is 9.55 Å². The molecule has 0 bridgehead atoms. The maximum absolute atomic E-state index is 12.8. The highest BCUT2D eigenvalue weighted by atomic mass is 16.6. The third-order valence-electron chi connectivity index (χ3n) is 4.51. The van der Waals surface area contributed by atoms with Crippen LogP contribution < -0.4 is 10.3 Å². The highest BCUT2D eigenvalue weighted by Crippen LogP contribution is 2.30. The molecule has 1 aliphatic heterocycles. The molecule has 7 nitrogen and oxygen atoms in total. The number of hydrogen-bond donors (Lipinski definition) is 0. The van der Waals surface area contributed by atoms with Crippen LogP contribution in [0.3, 0.4) is 0 Å². The van der Waals surface area contributed by atoms with Crippen LogP contribution in [0.25, 0.3) is 22.6 Å². The van der Waals surface area contributed by atoms with Gasteiger partial charge >= 0.3 is 0 Å². The Kier molecular flexibility index (Phi) is 3.76. The number of benzene rings is 2. The van der Waals surface area contributed by atoms with Crippen molar-refractivity contribution in [1.29, 1.82) is 0 Å². The van der Waals surface area contributed by atoms with Crippen molar-refractivity contribution in [3.63, 3.8) is 0 Å². The molecule has 0 atom stereocenters. The van der Waals surface area contributed by atoms with Crippen LogP contribution >= 0.6 is 0 Å². The maximum Gasteiger partial charge on any atom is 0.270 e. The van der Waals surface area contributed by atoms with Gasteiger partial charge in [0.1, 0.15) is 11.6 Å². The van der Waals surface area contributed by atoms with Crippen LogP contribution in [0.15, 0.2) is 47.3 Å². The molecule has 7 heteroatoms. The quantitative estimate of drug-likeness (QED) is 0.535. The Morgan fingerprint density at radius 3 is 2.85 bits per heavy atom. The molecule has 130 valence electrons. The number of fused-ring (bicyclic) bond motifs is 2. The molecule has 26 heavy (non-hydrogen) atoms. The summed E-state index contributed by atoms with van der Waals surface area (Å²) in [6.07, 6.45) is 2.64. The van der Waals surface area contributed by atoms with Gasteiger partial charge in [-0.3, -0.25) is 19.5 Å². The Balaban J connectivity index is 1.88. The first-order chi connectivity index (χ1) is 12.6. The molecule has 4 rings (SSSR count).